The van der Waals surface area contributed by atoms with Gasteiger partial charge in [0.05, 0.1) is 11.1 Å². The van der Waals surface area contributed by atoms with Crippen molar-refractivity contribution in [3.05, 3.63) is 75.6 Å². The van der Waals surface area contributed by atoms with E-state index in [1.807, 2.05) is 28.7 Å². The molecule has 1 saturated carbocycles. The Bertz CT molecular complexity index is 1090. The number of carboxylic acids is 1. The maximum absolute atomic E-state index is 13.3. The molecule has 5 heteroatoms. The van der Waals surface area contributed by atoms with Gasteiger partial charge in [0.25, 0.3) is 0 Å². The largest absolute Gasteiger partial charge is 0.478 e. The van der Waals surface area contributed by atoms with E-state index in [-0.39, 0.29) is 17.3 Å². The number of ketones is 1. The van der Waals surface area contributed by atoms with Gasteiger partial charge in [-0.3, -0.25) is 4.79 Å². The molecule has 0 saturated heterocycles. The van der Waals surface area contributed by atoms with Crippen LogP contribution in [-0.2, 0) is 12.8 Å². The summed E-state index contributed by atoms with van der Waals surface area (Å²) < 4.78 is 1.91. The van der Waals surface area contributed by atoms with Crippen molar-refractivity contribution >= 4 is 28.9 Å². The summed E-state index contributed by atoms with van der Waals surface area (Å²) in [5, 5.41) is 10.2. The zero-order chi connectivity index (χ0) is 20.5. The minimum atomic E-state index is -0.979. The second kappa shape index (κ2) is 8.03. The summed E-state index contributed by atoms with van der Waals surface area (Å²) in [7, 11) is 0. The molecule has 0 atom stereocenters. The maximum Gasteiger partial charge on any atom is 0.337 e. The Morgan fingerprint density at radius 2 is 1.93 bits per heavy atom. The van der Waals surface area contributed by atoms with Crippen LogP contribution in [0.2, 0.25) is 5.02 Å². The third-order valence-electron chi connectivity index (χ3n) is 5.93. The van der Waals surface area contributed by atoms with Crippen molar-refractivity contribution in [2.45, 2.75) is 45.4 Å². The minimum absolute atomic E-state index is 0.0871. The Morgan fingerprint density at radius 1 is 1.17 bits per heavy atom. The van der Waals surface area contributed by atoms with Gasteiger partial charge in [-0.15, -0.1) is 0 Å². The second-order valence-corrected chi connectivity index (χ2v) is 8.20. The molecule has 29 heavy (non-hydrogen) atoms. The zero-order valence-corrected chi connectivity index (χ0v) is 17.2. The summed E-state index contributed by atoms with van der Waals surface area (Å²) >= 11 is 6.42. The van der Waals surface area contributed by atoms with E-state index in [0.29, 0.717) is 11.4 Å². The molecule has 0 bridgehead atoms. The van der Waals surface area contributed by atoms with Gasteiger partial charge in [-0.05, 0) is 48.6 Å². The molecule has 150 valence electrons. The number of hydrogen-bond acceptors (Lipinski definition) is 2. The van der Waals surface area contributed by atoms with Crippen molar-refractivity contribution in [3.63, 3.8) is 0 Å². The number of aromatic nitrogens is 1. The van der Waals surface area contributed by atoms with Crippen LogP contribution < -0.4 is 0 Å². The molecule has 0 radical (unpaired) electrons. The fourth-order valence-corrected chi connectivity index (χ4v) is 4.38. The first-order valence-electron chi connectivity index (χ1n) is 10.2. The normalized spacial score (nSPS) is 14.1. The van der Waals surface area contributed by atoms with Gasteiger partial charge < -0.3 is 9.51 Å². The second-order valence-electron chi connectivity index (χ2n) is 7.79. The molecule has 0 spiro atoms. The molecule has 0 aliphatic heterocycles. The highest BCUT2D eigenvalue weighted by atomic mass is 35.5. The van der Waals surface area contributed by atoms with Crippen LogP contribution in [0.1, 0.15) is 70.1 Å². The molecule has 1 aliphatic carbocycles. The highest BCUT2D eigenvalue weighted by Crippen LogP contribution is 2.36. The number of carbonyl (C=O) groups excluding carboxylic acids is 1. The number of hydrogen-bond donors (Lipinski definition) is 1. The van der Waals surface area contributed by atoms with Crippen molar-refractivity contribution in [3.8, 4) is 0 Å². The summed E-state index contributed by atoms with van der Waals surface area (Å²) in [6.45, 7) is 2.10. The van der Waals surface area contributed by atoms with E-state index < -0.39 is 5.97 Å². The van der Waals surface area contributed by atoms with E-state index in [1.54, 1.807) is 18.3 Å². The molecule has 0 unspecified atom stereocenters. The number of rotatable bonds is 7. The Labute approximate surface area is 175 Å². The number of fused-ring (bicyclic) bond motifs is 1. The van der Waals surface area contributed by atoms with Crippen LogP contribution in [-0.4, -0.2) is 21.3 Å². The Balaban J connectivity index is 1.95. The molecule has 4 rings (SSSR count). The quantitative estimate of drug-likeness (QED) is 0.500. The van der Waals surface area contributed by atoms with E-state index in [0.717, 1.165) is 60.0 Å². The molecule has 4 nitrogen and oxygen atoms in total. The maximum atomic E-state index is 13.3. The highest BCUT2D eigenvalue weighted by Gasteiger charge is 2.31. The number of halogens is 1. The van der Waals surface area contributed by atoms with Gasteiger partial charge in [-0.25, -0.2) is 4.79 Å². The van der Waals surface area contributed by atoms with Gasteiger partial charge in [0, 0.05) is 34.8 Å². The molecule has 2 heterocycles. The summed E-state index contributed by atoms with van der Waals surface area (Å²) in [6.07, 6.45) is 6.85. The number of benzene rings is 1. The van der Waals surface area contributed by atoms with Crippen molar-refractivity contribution in [2.24, 2.45) is 5.92 Å². The molecule has 3 aromatic rings. The molecule has 1 aliphatic rings. The lowest BCUT2D eigenvalue weighted by molar-refractivity contribution is 0.0696. The number of aromatic carboxylic acids is 1. The van der Waals surface area contributed by atoms with Crippen LogP contribution in [0.5, 0.6) is 0 Å². The summed E-state index contributed by atoms with van der Waals surface area (Å²) in [5.41, 5.74) is 4.74. The summed E-state index contributed by atoms with van der Waals surface area (Å²) in [4.78, 5) is 24.9. The standard InChI is InChI=1S/C24H24ClNO3/c1-2-6-18-21(13-16-7-3-4-10-19(16)25)26-14-17(24(28)29)11-12-20(26)22(18)23(27)15-8-5-9-15/h3-4,7,10-12,14-15H,2,5-6,8-9,13H2,1H3,(H,28,29). The van der Waals surface area contributed by atoms with Gasteiger partial charge in [-0.1, -0.05) is 49.6 Å². The van der Waals surface area contributed by atoms with Gasteiger partial charge >= 0.3 is 5.97 Å². The van der Waals surface area contributed by atoms with E-state index in [2.05, 4.69) is 6.92 Å². The van der Waals surface area contributed by atoms with Crippen LogP contribution in [0.25, 0.3) is 5.52 Å². The average molecular weight is 410 g/mol. The number of carboxylic acid groups (broad SMARTS) is 1. The predicted octanol–water partition coefficient (Wildman–Crippen LogP) is 5.82. The van der Waals surface area contributed by atoms with Crippen LogP contribution in [0, 0.1) is 5.92 Å². The molecule has 1 fully saturated rings. The third kappa shape index (κ3) is 3.58. The first-order chi connectivity index (χ1) is 14.0. The SMILES string of the molecule is CCCc1c(C(=O)C2CCC2)c2ccc(C(=O)O)cn2c1Cc1ccccc1Cl. The van der Waals surface area contributed by atoms with Crippen molar-refractivity contribution in [1.82, 2.24) is 4.40 Å². The number of carbonyl (C=O) groups is 2. The van der Waals surface area contributed by atoms with Crippen LogP contribution >= 0.6 is 11.6 Å². The fourth-order valence-electron chi connectivity index (χ4n) is 4.18. The first kappa shape index (κ1) is 19.7. The van der Waals surface area contributed by atoms with E-state index in [1.165, 1.54) is 0 Å². The monoisotopic (exact) mass is 409 g/mol. The Morgan fingerprint density at radius 3 is 2.55 bits per heavy atom. The first-order valence-corrected chi connectivity index (χ1v) is 10.6. The average Bonchev–Trinajstić information content (AvgIpc) is 2.95. The highest BCUT2D eigenvalue weighted by molar-refractivity contribution is 6.31. The van der Waals surface area contributed by atoms with Gasteiger partial charge in [0.2, 0.25) is 0 Å². The van der Waals surface area contributed by atoms with Gasteiger partial charge in [-0.2, -0.15) is 0 Å². The molecule has 0 amide bonds. The number of nitrogens with zero attached hydrogens (tertiary/aromatic N) is 1. The van der Waals surface area contributed by atoms with E-state index in [9.17, 15) is 14.7 Å². The third-order valence-corrected chi connectivity index (χ3v) is 6.30. The molecule has 1 aromatic carbocycles. The topological polar surface area (TPSA) is 58.8 Å². The van der Waals surface area contributed by atoms with E-state index in [4.69, 9.17) is 11.6 Å². The van der Waals surface area contributed by atoms with Crippen LogP contribution in [0.15, 0.2) is 42.6 Å². The predicted molar refractivity (Wildman–Crippen MR) is 114 cm³/mol. The fraction of sp³-hybridized carbons (Fsp3) is 0.333. The van der Waals surface area contributed by atoms with Crippen molar-refractivity contribution in [2.75, 3.05) is 0 Å². The van der Waals surface area contributed by atoms with Crippen molar-refractivity contribution in [1.29, 1.82) is 0 Å². The minimum Gasteiger partial charge on any atom is -0.478 e. The van der Waals surface area contributed by atoms with Gasteiger partial charge in [0.1, 0.15) is 0 Å². The summed E-state index contributed by atoms with van der Waals surface area (Å²) in [5.74, 6) is -0.692. The lowest BCUT2D eigenvalue weighted by Gasteiger charge is -2.24. The van der Waals surface area contributed by atoms with Crippen LogP contribution in [0.4, 0.5) is 0 Å². The number of Topliss-reactive ketones (excluding diaryl/α,β-unsaturated/α-hetero) is 1. The van der Waals surface area contributed by atoms with Crippen molar-refractivity contribution < 1.29 is 14.7 Å². The lowest BCUT2D eigenvalue weighted by atomic mass is 9.79. The van der Waals surface area contributed by atoms with E-state index >= 15 is 0 Å². The Kier molecular flexibility index (Phi) is 5.46. The zero-order valence-electron chi connectivity index (χ0n) is 16.5. The van der Waals surface area contributed by atoms with Gasteiger partial charge in [0.15, 0.2) is 5.78 Å². The molecule has 1 N–H and O–H groups in total. The number of pyridine rings is 1. The molecular formula is C24H24ClNO3. The molecular weight excluding hydrogens is 386 g/mol. The smallest absolute Gasteiger partial charge is 0.337 e. The Hall–Kier alpha value is -2.59. The van der Waals surface area contributed by atoms with Crippen LogP contribution in [0.3, 0.4) is 0 Å². The molecule has 2 aromatic heterocycles. The summed E-state index contributed by atoms with van der Waals surface area (Å²) in [6, 6.07) is 11.0. The lowest BCUT2D eigenvalue weighted by Crippen LogP contribution is -2.22.